The monoisotopic (exact) mass is 312 g/mol. The number of aryl methyl sites for hydroxylation is 2. The summed E-state index contributed by atoms with van der Waals surface area (Å²) in [5, 5.41) is 12.5. The summed E-state index contributed by atoms with van der Waals surface area (Å²) in [7, 11) is 0. The van der Waals surface area contributed by atoms with Gasteiger partial charge >= 0.3 is 12.6 Å². The Labute approximate surface area is 124 Å². The predicted molar refractivity (Wildman–Crippen MR) is 72.7 cm³/mol. The quantitative estimate of drug-likeness (QED) is 0.886. The number of ether oxygens (including phenoxy) is 1. The summed E-state index contributed by atoms with van der Waals surface area (Å²) < 4.78 is 33.6. The van der Waals surface area contributed by atoms with Crippen molar-refractivity contribution < 1.29 is 22.7 Å². The van der Waals surface area contributed by atoms with Crippen molar-refractivity contribution in [2.75, 3.05) is 5.32 Å². The van der Waals surface area contributed by atoms with E-state index < -0.39 is 12.6 Å². The maximum atomic E-state index is 12.1. The summed E-state index contributed by atoms with van der Waals surface area (Å²) in [6.45, 7) is 0.496. The van der Waals surface area contributed by atoms with Crippen LogP contribution >= 0.6 is 0 Å². The van der Waals surface area contributed by atoms with E-state index in [0.29, 0.717) is 17.1 Å². The average molecular weight is 312 g/mol. The van der Waals surface area contributed by atoms with Gasteiger partial charge in [-0.3, -0.25) is 0 Å². The fourth-order valence-electron chi connectivity index (χ4n) is 1.68. The number of nitrogens with zero attached hydrogens (tertiary/aromatic N) is 2. The van der Waals surface area contributed by atoms with Crippen LogP contribution < -0.4 is 15.4 Å². The number of carbonyl (C=O) groups is 1. The van der Waals surface area contributed by atoms with Gasteiger partial charge in [0, 0.05) is 12.6 Å². The number of aromatic nitrogens is 2. The number of amides is 2. The molecule has 0 saturated heterocycles. The molecule has 9 heteroatoms. The predicted octanol–water partition coefficient (Wildman–Crippen LogP) is 2.61. The first-order chi connectivity index (χ1) is 10.4. The SMILES string of the molecule is Cc1nnc(CNC(=O)Nc2ccc(OC(F)F)cc2C)o1. The molecule has 0 fully saturated rings. The Hall–Kier alpha value is -2.71. The van der Waals surface area contributed by atoms with Gasteiger partial charge < -0.3 is 19.8 Å². The molecule has 22 heavy (non-hydrogen) atoms. The van der Waals surface area contributed by atoms with E-state index >= 15 is 0 Å². The number of nitrogens with one attached hydrogen (secondary N) is 2. The molecule has 1 aromatic carbocycles. The second-order valence-electron chi connectivity index (χ2n) is 4.38. The molecule has 118 valence electrons. The van der Waals surface area contributed by atoms with E-state index in [1.54, 1.807) is 13.8 Å². The Morgan fingerprint density at radius 3 is 2.73 bits per heavy atom. The van der Waals surface area contributed by atoms with E-state index in [1.807, 2.05) is 0 Å². The zero-order valence-corrected chi connectivity index (χ0v) is 11.9. The number of hydrogen-bond donors (Lipinski definition) is 2. The Kier molecular flexibility index (Phi) is 4.87. The molecule has 1 heterocycles. The first-order valence-electron chi connectivity index (χ1n) is 6.33. The molecule has 0 aliphatic heterocycles. The molecule has 0 unspecified atom stereocenters. The minimum absolute atomic E-state index is 0.0276. The number of hydrogen-bond acceptors (Lipinski definition) is 5. The molecule has 0 spiro atoms. The second kappa shape index (κ2) is 6.83. The van der Waals surface area contributed by atoms with E-state index in [2.05, 4.69) is 25.6 Å². The molecule has 0 aliphatic rings. The largest absolute Gasteiger partial charge is 0.435 e. The molecule has 2 N–H and O–H groups in total. The first kappa shape index (κ1) is 15.7. The number of benzene rings is 1. The maximum Gasteiger partial charge on any atom is 0.387 e. The molecule has 0 atom stereocenters. The number of anilines is 1. The van der Waals surface area contributed by atoms with Crippen LogP contribution in [0.2, 0.25) is 0 Å². The highest BCUT2D eigenvalue weighted by Crippen LogP contribution is 2.22. The summed E-state index contributed by atoms with van der Waals surface area (Å²) in [4.78, 5) is 11.7. The molecule has 0 radical (unpaired) electrons. The van der Waals surface area contributed by atoms with Crippen LogP contribution in [-0.4, -0.2) is 22.8 Å². The van der Waals surface area contributed by atoms with Crippen molar-refractivity contribution in [2.45, 2.75) is 27.0 Å². The fraction of sp³-hybridized carbons (Fsp3) is 0.308. The van der Waals surface area contributed by atoms with Gasteiger partial charge in [0.05, 0.1) is 6.54 Å². The first-order valence-corrected chi connectivity index (χ1v) is 6.33. The molecule has 2 amide bonds. The van der Waals surface area contributed by atoms with Crippen LogP contribution in [0.5, 0.6) is 5.75 Å². The molecule has 0 aliphatic carbocycles. The van der Waals surface area contributed by atoms with Crippen LogP contribution in [0.3, 0.4) is 0 Å². The number of rotatable bonds is 5. The number of halogens is 2. The zero-order chi connectivity index (χ0) is 16.1. The second-order valence-corrected chi connectivity index (χ2v) is 4.38. The van der Waals surface area contributed by atoms with Crippen molar-refractivity contribution in [3.8, 4) is 5.75 Å². The van der Waals surface area contributed by atoms with Gasteiger partial charge in [0.1, 0.15) is 5.75 Å². The number of alkyl halides is 2. The molecule has 1 aromatic heterocycles. The van der Waals surface area contributed by atoms with Crippen molar-refractivity contribution in [1.29, 1.82) is 0 Å². The molecule has 2 aromatic rings. The summed E-state index contributed by atoms with van der Waals surface area (Å²) in [5.41, 5.74) is 1.06. The molecular weight excluding hydrogens is 298 g/mol. The van der Waals surface area contributed by atoms with Gasteiger partial charge in [0.25, 0.3) is 0 Å². The Bertz CT molecular complexity index is 660. The highest BCUT2D eigenvalue weighted by Gasteiger charge is 2.09. The topological polar surface area (TPSA) is 89.3 Å². The Balaban J connectivity index is 1.90. The van der Waals surface area contributed by atoms with Gasteiger partial charge in [-0.05, 0) is 30.7 Å². The molecule has 2 rings (SSSR count). The van der Waals surface area contributed by atoms with Gasteiger partial charge in [0.15, 0.2) is 0 Å². The van der Waals surface area contributed by atoms with Gasteiger partial charge in [-0.1, -0.05) is 0 Å². The van der Waals surface area contributed by atoms with E-state index in [0.717, 1.165) is 0 Å². The Morgan fingerprint density at radius 1 is 1.36 bits per heavy atom. The smallest absolute Gasteiger partial charge is 0.387 e. The summed E-state index contributed by atoms with van der Waals surface area (Å²) in [5.74, 6) is 0.715. The fourth-order valence-corrected chi connectivity index (χ4v) is 1.68. The van der Waals surface area contributed by atoms with Crippen LogP contribution in [-0.2, 0) is 6.54 Å². The standard InChI is InChI=1S/C13H14F2N4O3/c1-7-5-9(22-12(14)15)3-4-10(7)17-13(20)16-6-11-19-18-8(2)21-11/h3-5,12H,6H2,1-2H3,(H2,16,17,20). The van der Waals surface area contributed by atoms with Crippen molar-refractivity contribution in [1.82, 2.24) is 15.5 Å². The minimum Gasteiger partial charge on any atom is -0.435 e. The Morgan fingerprint density at radius 2 is 2.14 bits per heavy atom. The lowest BCUT2D eigenvalue weighted by Gasteiger charge is -2.11. The van der Waals surface area contributed by atoms with Crippen LogP contribution in [0.4, 0.5) is 19.3 Å². The molecule has 7 nitrogen and oxygen atoms in total. The number of carbonyl (C=O) groups excluding carboxylic acids is 1. The molecular formula is C13H14F2N4O3. The van der Waals surface area contributed by atoms with Crippen LogP contribution in [0.1, 0.15) is 17.3 Å². The van der Waals surface area contributed by atoms with E-state index in [-0.39, 0.29) is 18.2 Å². The molecule has 0 bridgehead atoms. The van der Waals surface area contributed by atoms with Crippen LogP contribution in [0.25, 0.3) is 0 Å². The van der Waals surface area contributed by atoms with Gasteiger partial charge in [-0.15, -0.1) is 10.2 Å². The number of urea groups is 1. The van der Waals surface area contributed by atoms with Gasteiger partial charge in [-0.25, -0.2) is 4.79 Å². The highest BCUT2D eigenvalue weighted by molar-refractivity contribution is 5.90. The van der Waals surface area contributed by atoms with Crippen LogP contribution in [0, 0.1) is 13.8 Å². The summed E-state index contributed by atoms with van der Waals surface area (Å²) in [6.07, 6.45) is 0. The van der Waals surface area contributed by atoms with Crippen molar-refractivity contribution in [3.63, 3.8) is 0 Å². The van der Waals surface area contributed by atoms with E-state index in [9.17, 15) is 13.6 Å². The van der Waals surface area contributed by atoms with Crippen LogP contribution in [0.15, 0.2) is 22.6 Å². The third-order valence-electron chi connectivity index (χ3n) is 2.64. The highest BCUT2D eigenvalue weighted by atomic mass is 19.3. The zero-order valence-electron chi connectivity index (χ0n) is 11.9. The lowest BCUT2D eigenvalue weighted by atomic mass is 10.2. The maximum absolute atomic E-state index is 12.1. The third kappa shape index (κ3) is 4.40. The lowest BCUT2D eigenvalue weighted by molar-refractivity contribution is -0.0498. The molecule has 0 saturated carbocycles. The normalized spacial score (nSPS) is 10.6. The lowest BCUT2D eigenvalue weighted by Crippen LogP contribution is -2.28. The van der Waals surface area contributed by atoms with Gasteiger partial charge in [-0.2, -0.15) is 8.78 Å². The van der Waals surface area contributed by atoms with E-state index in [4.69, 9.17) is 4.42 Å². The van der Waals surface area contributed by atoms with E-state index in [1.165, 1.54) is 18.2 Å². The van der Waals surface area contributed by atoms with Gasteiger partial charge in [0.2, 0.25) is 11.8 Å². The van der Waals surface area contributed by atoms with Crippen molar-refractivity contribution in [2.24, 2.45) is 0 Å². The third-order valence-corrected chi connectivity index (χ3v) is 2.64. The summed E-state index contributed by atoms with van der Waals surface area (Å²) in [6, 6.07) is 3.74. The summed E-state index contributed by atoms with van der Waals surface area (Å²) >= 11 is 0. The average Bonchev–Trinajstić information content (AvgIpc) is 2.85. The minimum atomic E-state index is -2.89. The van der Waals surface area contributed by atoms with Crippen molar-refractivity contribution in [3.05, 3.63) is 35.5 Å². The van der Waals surface area contributed by atoms with Crippen molar-refractivity contribution >= 4 is 11.7 Å².